The molecule has 126 valence electrons. The summed E-state index contributed by atoms with van der Waals surface area (Å²) >= 11 is 1.41. The zero-order valence-electron chi connectivity index (χ0n) is 13.5. The number of hydrogen-bond donors (Lipinski definition) is 2. The lowest BCUT2D eigenvalue weighted by molar-refractivity contribution is -0.126. The Morgan fingerprint density at radius 2 is 2.17 bits per heavy atom. The standard InChI is InChI=1S/C19H22N2O2S/c22-17(19-20-11-12-24-19)16(13-14-7-3-1-4-8-14)21-18(23)15-9-5-2-6-10-15/h1-5,7-8,11-12,15-17,22H,6,9-10,13H2,(H,21,23)/t15-,16-,17+/m1/s1. The third-order valence-corrected chi connectivity index (χ3v) is 5.20. The van der Waals surface area contributed by atoms with Crippen molar-refractivity contribution in [3.8, 4) is 0 Å². The summed E-state index contributed by atoms with van der Waals surface area (Å²) in [5, 5.41) is 16.2. The molecule has 2 aromatic rings. The lowest BCUT2D eigenvalue weighted by Crippen LogP contribution is -2.44. The van der Waals surface area contributed by atoms with Crippen molar-refractivity contribution in [2.45, 2.75) is 37.8 Å². The minimum atomic E-state index is -0.798. The molecule has 1 heterocycles. The number of carbonyl (C=O) groups is 1. The third kappa shape index (κ3) is 4.30. The van der Waals surface area contributed by atoms with E-state index in [1.807, 2.05) is 35.7 Å². The maximum Gasteiger partial charge on any atom is 0.223 e. The molecule has 0 fully saturated rings. The average molecular weight is 342 g/mol. The van der Waals surface area contributed by atoms with E-state index in [9.17, 15) is 9.90 Å². The van der Waals surface area contributed by atoms with E-state index < -0.39 is 6.10 Å². The summed E-state index contributed by atoms with van der Waals surface area (Å²) in [6.07, 6.45) is 8.23. The van der Waals surface area contributed by atoms with E-state index in [0.717, 1.165) is 24.8 Å². The number of benzene rings is 1. The van der Waals surface area contributed by atoms with Gasteiger partial charge in [0.15, 0.2) is 0 Å². The fraction of sp³-hybridized carbons (Fsp3) is 0.368. The van der Waals surface area contributed by atoms with Gasteiger partial charge >= 0.3 is 0 Å². The maximum absolute atomic E-state index is 12.6. The van der Waals surface area contributed by atoms with Crippen molar-refractivity contribution >= 4 is 17.2 Å². The molecular formula is C19H22N2O2S. The molecule has 1 aliphatic rings. The highest BCUT2D eigenvalue weighted by Gasteiger charge is 2.28. The van der Waals surface area contributed by atoms with E-state index in [-0.39, 0.29) is 17.9 Å². The number of nitrogens with one attached hydrogen (secondary N) is 1. The Morgan fingerprint density at radius 3 is 2.83 bits per heavy atom. The van der Waals surface area contributed by atoms with Crippen molar-refractivity contribution in [2.24, 2.45) is 5.92 Å². The maximum atomic E-state index is 12.6. The van der Waals surface area contributed by atoms with Gasteiger partial charge in [0, 0.05) is 17.5 Å². The third-order valence-electron chi connectivity index (χ3n) is 4.35. The molecule has 3 rings (SSSR count). The summed E-state index contributed by atoms with van der Waals surface area (Å²) in [6.45, 7) is 0. The molecule has 1 aliphatic carbocycles. The van der Waals surface area contributed by atoms with E-state index in [1.54, 1.807) is 6.20 Å². The van der Waals surface area contributed by atoms with Crippen LogP contribution >= 0.6 is 11.3 Å². The van der Waals surface area contributed by atoms with Crippen LogP contribution in [0.4, 0.5) is 0 Å². The Bertz CT molecular complexity index is 670. The molecule has 1 amide bonds. The van der Waals surface area contributed by atoms with Crippen LogP contribution < -0.4 is 5.32 Å². The van der Waals surface area contributed by atoms with Gasteiger partial charge in [-0.1, -0.05) is 42.5 Å². The number of aliphatic hydroxyl groups excluding tert-OH is 1. The van der Waals surface area contributed by atoms with Gasteiger partial charge in [0.25, 0.3) is 0 Å². The molecule has 1 aromatic carbocycles. The van der Waals surface area contributed by atoms with Crippen LogP contribution in [0.25, 0.3) is 0 Å². The highest BCUT2D eigenvalue weighted by atomic mass is 32.1. The molecule has 2 N–H and O–H groups in total. The van der Waals surface area contributed by atoms with Crippen LogP contribution in [0.2, 0.25) is 0 Å². The van der Waals surface area contributed by atoms with Crippen molar-refractivity contribution in [3.63, 3.8) is 0 Å². The minimum absolute atomic E-state index is 0.00299. The molecule has 0 aliphatic heterocycles. The second kappa shape index (κ2) is 8.22. The van der Waals surface area contributed by atoms with Gasteiger partial charge in [-0.25, -0.2) is 4.98 Å². The number of rotatable bonds is 6. The second-order valence-corrected chi connectivity index (χ2v) is 7.03. The highest BCUT2D eigenvalue weighted by Crippen LogP contribution is 2.24. The molecule has 0 unspecified atom stereocenters. The zero-order valence-corrected chi connectivity index (χ0v) is 14.3. The molecular weight excluding hydrogens is 320 g/mol. The topological polar surface area (TPSA) is 62.2 Å². The van der Waals surface area contributed by atoms with Crippen molar-refractivity contribution in [1.82, 2.24) is 10.3 Å². The van der Waals surface area contributed by atoms with Gasteiger partial charge in [-0.2, -0.15) is 0 Å². The largest absolute Gasteiger partial charge is 0.384 e. The SMILES string of the molecule is O=C(N[C@H](Cc1ccccc1)[C@H](O)c1nccs1)[C@@H]1CC=CCC1. The number of thiazole rings is 1. The van der Waals surface area contributed by atoms with E-state index in [1.165, 1.54) is 11.3 Å². The zero-order chi connectivity index (χ0) is 16.8. The predicted octanol–water partition coefficient (Wildman–Crippen LogP) is 3.26. The first-order valence-electron chi connectivity index (χ1n) is 8.31. The molecule has 3 atom stereocenters. The summed E-state index contributed by atoms with van der Waals surface area (Å²) < 4.78 is 0. The van der Waals surface area contributed by atoms with Crippen LogP contribution in [0.5, 0.6) is 0 Å². The smallest absolute Gasteiger partial charge is 0.223 e. The minimum Gasteiger partial charge on any atom is -0.384 e. The summed E-state index contributed by atoms with van der Waals surface area (Å²) in [4.78, 5) is 16.8. The Kier molecular flexibility index (Phi) is 5.77. The number of nitrogens with zero attached hydrogens (tertiary/aromatic N) is 1. The molecule has 0 spiro atoms. The van der Waals surface area contributed by atoms with Crippen molar-refractivity contribution < 1.29 is 9.90 Å². The molecule has 4 nitrogen and oxygen atoms in total. The van der Waals surface area contributed by atoms with Crippen LogP contribution in [0.15, 0.2) is 54.1 Å². The first-order chi connectivity index (χ1) is 11.7. The lowest BCUT2D eigenvalue weighted by Gasteiger charge is -2.26. The Labute approximate surface area is 146 Å². The van der Waals surface area contributed by atoms with Gasteiger partial charge < -0.3 is 10.4 Å². The van der Waals surface area contributed by atoms with E-state index >= 15 is 0 Å². The summed E-state index contributed by atoms with van der Waals surface area (Å²) in [7, 11) is 0. The predicted molar refractivity (Wildman–Crippen MR) is 95.6 cm³/mol. The highest BCUT2D eigenvalue weighted by molar-refractivity contribution is 7.09. The van der Waals surface area contributed by atoms with Gasteiger partial charge in [0.05, 0.1) is 6.04 Å². The fourth-order valence-corrected chi connectivity index (χ4v) is 3.68. The second-order valence-electron chi connectivity index (χ2n) is 6.10. The van der Waals surface area contributed by atoms with Gasteiger partial charge in [0.1, 0.15) is 11.1 Å². The van der Waals surface area contributed by atoms with Crippen LogP contribution in [-0.4, -0.2) is 22.0 Å². The fourth-order valence-electron chi connectivity index (χ4n) is 2.99. The number of carbonyl (C=O) groups excluding carboxylic acids is 1. The van der Waals surface area contributed by atoms with Crippen LogP contribution in [0.1, 0.15) is 35.9 Å². The molecule has 24 heavy (non-hydrogen) atoms. The molecule has 1 aromatic heterocycles. The lowest BCUT2D eigenvalue weighted by atomic mass is 9.92. The first-order valence-corrected chi connectivity index (χ1v) is 9.19. The summed E-state index contributed by atoms with van der Waals surface area (Å²) in [5.74, 6) is 0.0210. The van der Waals surface area contributed by atoms with E-state index in [4.69, 9.17) is 0 Å². The monoisotopic (exact) mass is 342 g/mol. The number of aromatic nitrogens is 1. The Hall–Kier alpha value is -1.98. The van der Waals surface area contributed by atoms with E-state index in [0.29, 0.717) is 11.4 Å². The van der Waals surface area contributed by atoms with Gasteiger partial charge in [-0.3, -0.25) is 4.79 Å². The number of allylic oxidation sites excluding steroid dienone is 2. The molecule has 0 radical (unpaired) electrons. The number of hydrogen-bond acceptors (Lipinski definition) is 4. The Balaban J connectivity index is 1.73. The van der Waals surface area contributed by atoms with E-state index in [2.05, 4.69) is 22.5 Å². The van der Waals surface area contributed by atoms with Gasteiger partial charge in [-0.05, 0) is 31.2 Å². The van der Waals surface area contributed by atoms with Crippen LogP contribution in [0, 0.1) is 5.92 Å². The van der Waals surface area contributed by atoms with Crippen molar-refractivity contribution in [3.05, 3.63) is 64.6 Å². The Morgan fingerprint density at radius 1 is 1.33 bits per heavy atom. The number of aliphatic hydroxyl groups is 1. The van der Waals surface area contributed by atoms with Crippen molar-refractivity contribution in [1.29, 1.82) is 0 Å². The quantitative estimate of drug-likeness (QED) is 0.792. The van der Waals surface area contributed by atoms with Crippen molar-refractivity contribution in [2.75, 3.05) is 0 Å². The molecule has 0 saturated carbocycles. The molecule has 0 saturated heterocycles. The summed E-state index contributed by atoms with van der Waals surface area (Å²) in [6, 6.07) is 9.54. The molecule has 5 heteroatoms. The first kappa shape index (κ1) is 16.9. The van der Waals surface area contributed by atoms with Gasteiger partial charge in [0.2, 0.25) is 5.91 Å². The summed E-state index contributed by atoms with van der Waals surface area (Å²) in [5.41, 5.74) is 1.09. The normalized spacial score (nSPS) is 19.6. The molecule has 0 bridgehead atoms. The van der Waals surface area contributed by atoms with Crippen LogP contribution in [0.3, 0.4) is 0 Å². The van der Waals surface area contributed by atoms with Gasteiger partial charge in [-0.15, -0.1) is 11.3 Å². The van der Waals surface area contributed by atoms with Crippen LogP contribution in [-0.2, 0) is 11.2 Å². The number of amides is 1. The average Bonchev–Trinajstić information content (AvgIpc) is 3.17.